The van der Waals surface area contributed by atoms with E-state index >= 15 is 0 Å². The molecule has 26 heavy (non-hydrogen) atoms. The van der Waals surface area contributed by atoms with Crippen LogP contribution < -0.4 is 14.2 Å². The van der Waals surface area contributed by atoms with E-state index in [1.54, 1.807) is 33.5 Å². The fourth-order valence-electron chi connectivity index (χ4n) is 3.08. The monoisotopic (exact) mass is 353 g/mol. The first-order chi connectivity index (χ1) is 12.6. The number of rotatable bonds is 5. The smallest absolute Gasteiger partial charge is 0.246 e. The third-order valence-corrected chi connectivity index (χ3v) is 4.56. The van der Waals surface area contributed by atoms with Gasteiger partial charge in [0.05, 0.1) is 21.3 Å². The van der Waals surface area contributed by atoms with Crippen LogP contribution in [-0.2, 0) is 17.8 Å². The summed E-state index contributed by atoms with van der Waals surface area (Å²) in [6.45, 7) is 1.32. The zero-order valence-electron chi connectivity index (χ0n) is 15.3. The largest absolute Gasteiger partial charge is 0.497 e. The van der Waals surface area contributed by atoms with E-state index in [-0.39, 0.29) is 5.91 Å². The fraction of sp³-hybridized carbons (Fsp3) is 0.286. The molecule has 0 saturated heterocycles. The highest BCUT2D eigenvalue weighted by Crippen LogP contribution is 2.28. The van der Waals surface area contributed by atoms with Crippen molar-refractivity contribution in [2.75, 3.05) is 27.9 Å². The number of nitrogens with zero attached hydrogens (tertiary/aromatic N) is 1. The van der Waals surface area contributed by atoms with Crippen LogP contribution in [0.4, 0.5) is 0 Å². The van der Waals surface area contributed by atoms with Gasteiger partial charge in [-0.25, -0.2) is 0 Å². The summed E-state index contributed by atoms with van der Waals surface area (Å²) in [6.07, 6.45) is 4.26. The van der Waals surface area contributed by atoms with E-state index in [4.69, 9.17) is 14.2 Å². The lowest BCUT2D eigenvalue weighted by atomic mass is 9.99. The zero-order valence-corrected chi connectivity index (χ0v) is 15.3. The van der Waals surface area contributed by atoms with Crippen LogP contribution in [0.25, 0.3) is 6.08 Å². The SMILES string of the molecule is COc1ccc2c(c1)CN(C(=O)C=Cc1ccc(OC)c(OC)c1)CC2. The Bertz CT molecular complexity index is 829. The molecular weight excluding hydrogens is 330 g/mol. The first kappa shape index (κ1) is 17.9. The number of amides is 1. The van der Waals surface area contributed by atoms with Gasteiger partial charge in [-0.3, -0.25) is 4.79 Å². The number of hydrogen-bond acceptors (Lipinski definition) is 4. The zero-order chi connectivity index (χ0) is 18.5. The summed E-state index contributed by atoms with van der Waals surface area (Å²) in [5.41, 5.74) is 3.30. The van der Waals surface area contributed by atoms with E-state index in [9.17, 15) is 4.79 Å². The van der Waals surface area contributed by atoms with Gasteiger partial charge in [-0.1, -0.05) is 12.1 Å². The summed E-state index contributed by atoms with van der Waals surface area (Å²) in [7, 11) is 4.84. The van der Waals surface area contributed by atoms with Gasteiger partial charge in [-0.05, 0) is 53.5 Å². The molecule has 0 unspecified atom stereocenters. The molecule has 2 aromatic carbocycles. The Morgan fingerprint density at radius 3 is 2.50 bits per heavy atom. The van der Waals surface area contributed by atoms with Gasteiger partial charge in [0.1, 0.15) is 5.75 Å². The van der Waals surface area contributed by atoms with Gasteiger partial charge in [-0.15, -0.1) is 0 Å². The summed E-state index contributed by atoms with van der Waals surface area (Å²) < 4.78 is 15.8. The van der Waals surface area contributed by atoms with Gasteiger partial charge in [-0.2, -0.15) is 0 Å². The van der Waals surface area contributed by atoms with Crippen molar-refractivity contribution in [1.29, 1.82) is 0 Å². The highest BCUT2D eigenvalue weighted by molar-refractivity contribution is 5.92. The first-order valence-corrected chi connectivity index (χ1v) is 8.49. The predicted molar refractivity (Wildman–Crippen MR) is 101 cm³/mol. The fourth-order valence-corrected chi connectivity index (χ4v) is 3.08. The molecule has 0 aliphatic carbocycles. The number of fused-ring (bicyclic) bond motifs is 1. The Balaban J connectivity index is 1.71. The van der Waals surface area contributed by atoms with Crippen LogP contribution in [0.5, 0.6) is 17.2 Å². The Hall–Kier alpha value is -2.95. The van der Waals surface area contributed by atoms with E-state index in [1.165, 1.54) is 5.56 Å². The second-order valence-corrected chi connectivity index (χ2v) is 6.09. The van der Waals surface area contributed by atoms with Crippen LogP contribution in [0, 0.1) is 0 Å². The van der Waals surface area contributed by atoms with Crippen molar-refractivity contribution in [1.82, 2.24) is 4.90 Å². The highest BCUT2D eigenvalue weighted by Gasteiger charge is 2.19. The maximum Gasteiger partial charge on any atom is 0.246 e. The Morgan fingerprint density at radius 2 is 1.77 bits per heavy atom. The number of carbonyl (C=O) groups excluding carboxylic acids is 1. The molecular formula is C21H23NO4. The van der Waals surface area contributed by atoms with Crippen LogP contribution in [0.15, 0.2) is 42.5 Å². The van der Waals surface area contributed by atoms with E-state index in [0.717, 1.165) is 23.3 Å². The second-order valence-electron chi connectivity index (χ2n) is 6.09. The summed E-state index contributed by atoms with van der Waals surface area (Å²) in [5.74, 6) is 2.12. The Kier molecular flexibility index (Phi) is 5.46. The molecule has 1 heterocycles. The average Bonchev–Trinajstić information content (AvgIpc) is 2.70. The van der Waals surface area contributed by atoms with Gasteiger partial charge in [0.2, 0.25) is 5.91 Å². The minimum absolute atomic E-state index is 0.00625. The minimum Gasteiger partial charge on any atom is -0.497 e. The Morgan fingerprint density at radius 1 is 0.962 bits per heavy atom. The van der Waals surface area contributed by atoms with Crippen molar-refractivity contribution in [3.05, 3.63) is 59.2 Å². The molecule has 0 spiro atoms. The molecule has 5 heteroatoms. The van der Waals surface area contributed by atoms with Crippen molar-refractivity contribution >= 4 is 12.0 Å². The molecule has 136 valence electrons. The maximum absolute atomic E-state index is 12.6. The van der Waals surface area contributed by atoms with Crippen molar-refractivity contribution in [2.45, 2.75) is 13.0 Å². The number of hydrogen-bond donors (Lipinski definition) is 0. The van der Waals surface area contributed by atoms with Crippen molar-refractivity contribution in [3.8, 4) is 17.2 Å². The van der Waals surface area contributed by atoms with Crippen LogP contribution >= 0.6 is 0 Å². The number of benzene rings is 2. The molecule has 0 N–H and O–H groups in total. The highest BCUT2D eigenvalue weighted by atomic mass is 16.5. The number of methoxy groups -OCH3 is 3. The molecule has 0 atom stereocenters. The first-order valence-electron chi connectivity index (χ1n) is 8.49. The van der Waals surface area contributed by atoms with Crippen LogP contribution in [0.1, 0.15) is 16.7 Å². The van der Waals surface area contributed by atoms with Gasteiger partial charge < -0.3 is 19.1 Å². The maximum atomic E-state index is 12.6. The van der Waals surface area contributed by atoms with E-state index < -0.39 is 0 Å². The quantitative estimate of drug-likeness (QED) is 0.774. The molecule has 1 aliphatic heterocycles. The van der Waals surface area contributed by atoms with Crippen LogP contribution in [0.3, 0.4) is 0 Å². The van der Waals surface area contributed by atoms with E-state index in [2.05, 4.69) is 6.07 Å². The van der Waals surface area contributed by atoms with Crippen molar-refractivity contribution < 1.29 is 19.0 Å². The third kappa shape index (κ3) is 3.82. The van der Waals surface area contributed by atoms with E-state index in [1.807, 2.05) is 35.2 Å². The van der Waals surface area contributed by atoms with Gasteiger partial charge in [0, 0.05) is 19.2 Å². The van der Waals surface area contributed by atoms with Gasteiger partial charge >= 0.3 is 0 Å². The minimum atomic E-state index is -0.00625. The van der Waals surface area contributed by atoms with Crippen LogP contribution in [0.2, 0.25) is 0 Å². The predicted octanol–water partition coefficient (Wildman–Crippen LogP) is 3.31. The lowest BCUT2D eigenvalue weighted by Crippen LogP contribution is -2.34. The van der Waals surface area contributed by atoms with Gasteiger partial charge in [0.15, 0.2) is 11.5 Å². The summed E-state index contributed by atoms with van der Waals surface area (Å²) in [5, 5.41) is 0. The summed E-state index contributed by atoms with van der Waals surface area (Å²) in [6, 6.07) is 11.6. The molecule has 0 aromatic heterocycles. The lowest BCUT2D eigenvalue weighted by Gasteiger charge is -2.28. The normalized spacial score (nSPS) is 13.4. The van der Waals surface area contributed by atoms with E-state index in [0.29, 0.717) is 24.6 Å². The molecule has 0 fully saturated rings. The van der Waals surface area contributed by atoms with Crippen molar-refractivity contribution in [2.24, 2.45) is 0 Å². The summed E-state index contributed by atoms with van der Waals surface area (Å²) in [4.78, 5) is 14.4. The lowest BCUT2D eigenvalue weighted by molar-refractivity contribution is -0.126. The average molecular weight is 353 g/mol. The second kappa shape index (κ2) is 7.95. The molecule has 2 aromatic rings. The topological polar surface area (TPSA) is 48.0 Å². The molecule has 0 bridgehead atoms. The molecule has 0 saturated carbocycles. The van der Waals surface area contributed by atoms with Crippen LogP contribution in [-0.4, -0.2) is 38.7 Å². The molecule has 0 radical (unpaired) electrons. The molecule has 1 amide bonds. The molecule has 5 nitrogen and oxygen atoms in total. The standard InChI is InChI=1S/C21H23NO4/c1-24-18-7-6-16-10-11-22(14-17(16)13-18)21(23)9-5-15-4-8-19(25-2)20(12-15)26-3/h4-9,12-13H,10-11,14H2,1-3H3. The van der Waals surface area contributed by atoms with Gasteiger partial charge in [0.25, 0.3) is 0 Å². The van der Waals surface area contributed by atoms with Crippen molar-refractivity contribution in [3.63, 3.8) is 0 Å². The number of ether oxygens (including phenoxy) is 3. The molecule has 3 rings (SSSR count). The number of carbonyl (C=O) groups is 1. The summed E-state index contributed by atoms with van der Waals surface area (Å²) >= 11 is 0. The third-order valence-electron chi connectivity index (χ3n) is 4.56. The molecule has 1 aliphatic rings. The Labute approximate surface area is 153 Å².